The van der Waals surface area contributed by atoms with Crippen molar-refractivity contribution in [1.29, 1.82) is 0 Å². The van der Waals surface area contributed by atoms with E-state index in [2.05, 4.69) is 24.1 Å². The van der Waals surface area contributed by atoms with Gasteiger partial charge in [-0.1, -0.05) is 29.7 Å². The fourth-order valence-corrected chi connectivity index (χ4v) is 1.73. The second-order valence-electron chi connectivity index (χ2n) is 4.35. The topological polar surface area (TPSA) is 38.0 Å². The molecule has 1 aromatic carbocycles. The van der Waals surface area contributed by atoms with Crippen molar-refractivity contribution in [2.45, 2.75) is 25.8 Å². The van der Waals surface area contributed by atoms with Gasteiger partial charge in [-0.2, -0.15) is 0 Å². The van der Waals surface area contributed by atoms with Crippen LogP contribution in [-0.2, 0) is 6.42 Å². The van der Waals surface area contributed by atoms with Gasteiger partial charge < -0.3 is 5.73 Å². The van der Waals surface area contributed by atoms with Crippen molar-refractivity contribution < 1.29 is 0 Å². The predicted octanol–water partition coefficient (Wildman–Crippen LogP) is 2.21. The van der Waals surface area contributed by atoms with E-state index in [4.69, 9.17) is 17.3 Å². The Morgan fingerprint density at radius 2 is 2.00 bits per heavy atom. The van der Waals surface area contributed by atoms with E-state index in [1.807, 2.05) is 31.2 Å². The summed E-state index contributed by atoms with van der Waals surface area (Å²) in [6.45, 7) is 5.18. The van der Waals surface area contributed by atoms with Gasteiger partial charge in [-0.05, 0) is 38.0 Å². The number of halogens is 1. The van der Waals surface area contributed by atoms with Crippen molar-refractivity contribution in [3.63, 3.8) is 0 Å². The first-order valence-electron chi connectivity index (χ1n) is 5.69. The highest BCUT2D eigenvalue weighted by Gasteiger charge is 2.21. The Kier molecular flexibility index (Phi) is 5.50. The molecule has 2 nitrogen and oxygen atoms in total. The first-order chi connectivity index (χ1) is 8.09. The van der Waals surface area contributed by atoms with Gasteiger partial charge >= 0.3 is 0 Å². The lowest BCUT2D eigenvalue weighted by Gasteiger charge is -2.29. The van der Waals surface area contributed by atoms with E-state index in [0.29, 0.717) is 13.1 Å². The lowest BCUT2D eigenvalue weighted by atomic mass is 9.93. The molecular weight excluding hydrogens is 232 g/mol. The maximum absolute atomic E-state index is 5.86. The van der Waals surface area contributed by atoms with Crippen LogP contribution >= 0.6 is 11.6 Å². The highest BCUT2D eigenvalue weighted by Crippen LogP contribution is 2.15. The zero-order chi connectivity index (χ0) is 12.7. The van der Waals surface area contributed by atoms with Crippen LogP contribution in [0.25, 0.3) is 0 Å². The quantitative estimate of drug-likeness (QED) is 0.787. The molecule has 0 aliphatic carbocycles. The Morgan fingerprint density at radius 3 is 2.53 bits per heavy atom. The molecule has 0 aliphatic rings. The van der Waals surface area contributed by atoms with Crippen LogP contribution in [0.1, 0.15) is 19.4 Å². The molecule has 17 heavy (non-hydrogen) atoms. The molecule has 0 amide bonds. The van der Waals surface area contributed by atoms with Crippen LogP contribution in [0.2, 0.25) is 5.02 Å². The SMILES string of the molecule is CC#CCNC(C)(CN)Cc1ccc(Cl)cc1. The average molecular weight is 251 g/mol. The molecule has 3 heteroatoms. The molecule has 0 fully saturated rings. The van der Waals surface area contributed by atoms with E-state index in [0.717, 1.165) is 11.4 Å². The van der Waals surface area contributed by atoms with Crippen LogP contribution in [0.5, 0.6) is 0 Å². The molecule has 1 aromatic rings. The predicted molar refractivity (Wildman–Crippen MR) is 74.1 cm³/mol. The minimum absolute atomic E-state index is 0.127. The van der Waals surface area contributed by atoms with E-state index in [9.17, 15) is 0 Å². The number of rotatable bonds is 5. The summed E-state index contributed by atoms with van der Waals surface area (Å²) in [7, 11) is 0. The van der Waals surface area contributed by atoms with Gasteiger partial charge in [-0.25, -0.2) is 0 Å². The van der Waals surface area contributed by atoms with Gasteiger partial charge in [0, 0.05) is 17.1 Å². The van der Waals surface area contributed by atoms with Crippen LogP contribution in [0.4, 0.5) is 0 Å². The Hall–Kier alpha value is -1.01. The van der Waals surface area contributed by atoms with Crippen LogP contribution in [-0.4, -0.2) is 18.6 Å². The fourth-order valence-electron chi connectivity index (χ4n) is 1.61. The van der Waals surface area contributed by atoms with E-state index in [1.54, 1.807) is 0 Å². The first kappa shape index (κ1) is 14.1. The summed E-state index contributed by atoms with van der Waals surface area (Å²) in [5.74, 6) is 5.86. The van der Waals surface area contributed by atoms with Crippen LogP contribution in [0.3, 0.4) is 0 Å². The first-order valence-corrected chi connectivity index (χ1v) is 6.06. The zero-order valence-corrected chi connectivity index (χ0v) is 11.1. The largest absolute Gasteiger partial charge is 0.329 e. The third-order valence-electron chi connectivity index (χ3n) is 2.74. The number of nitrogens with one attached hydrogen (secondary N) is 1. The van der Waals surface area contributed by atoms with Crippen molar-refractivity contribution in [2.24, 2.45) is 5.73 Å². The molecule has 1 rings (SSSR count). The number of hydrogen-bond donors (Lipinski definition) is 2. The Balaban J connectivity index is 2.66. The molecule has 0 spiro atoms. The zero-order valence-electron chi connectivity index (χ0n) is 10.4. The minimum Gasteiger partial charge on any atom is -0.329 e. The van der Waals surface area contributed by atoms with Crippen molar-refractivity contribution in [3.05, 3.63) is 34.9 Å². The van der Waals surface area contributed by atoms with Gasteiger partial charge in [0.2, 0.25) is 0 Å². The molecule has 0 aliphatic heterocycles. The summed E-state index contributed by atoms with van der Waals surface area (Å²) in [6.07, 6.45) is 0.867. The van der Waals surface area contributed by atoms with Crippen LogP contribution in [0.15, 0.2) is 24.3 Å². The number of benzene rings is 1. The van der Waals surface area contributed by atoms with Crippen LogP contribution < -0.4 is 11.1 Å². The van der Waals surface area contributed by atoms with Gasteiger partial charge in [0.1, 0.15) is 0 Å². The number of hydrogen-bond acceptors (Lipinski definition) is 2. The van der Waals surface area contributed by atoms with Gasteiger partial charge in [-0.15, -0.1) is 5.92 Å². The number of nitrogens with two attached hydrogens (primary N) is 1. The van der Waals surface area contributed by atoms with E-state index in [1.165, 1.54) is 5.56 Å². The third kappa shape index (κ3) is 4.79. The average Bonchev–Trinajstić information content (AvgIpc) is 2.33. The molecule has 1 atom stereocenters. The molecule has 0 radical (unpaired) electrons. The van der Waals surface area contributed by atoms with E-state index >= 15 is 0 Å². The Bertz CT molecular complexity index is 402. The minimum atomic E-state index is -0.127. The monoisotopic (exact) mass is 250 g/mol. The lowest BCUT2D eigenvalue weighted by molar-refractivity contribution is 0.380. The molecule has 0 saturated heterocycles. The smallest absolute Gasteiger partial charge is 0.0581 e. The summed E-state index contributed by atoms with van der Waals surface area (Å²) >= 11 is 5.86. The van der Waals surface area contributed by atoms with E-state index < -0.39 is 0 Å². The molecule has 92 valence electrons. The standard InChI is InChI=1S/C14H19ClN2/c1-3-4-9-17-14(2,11-16)10-12-5-7-13(15)8-6-12/h5-8,17H,9-11,16H2,1-2H3. The third-order valence-corrected chi connectivity index (χ3v) is 2.99. The van der Waals surface area contributed by atoms with Gasteiger partial charge in [-0.3, -0.25) is 5.32 Å². The highest BCUT2D eigenvalue weighted by molar-refractivity contribution is 6.30. The summed E-state index contributed by atoms with van der Waals surface area (Å²) in [4.78, 5) is 0. The maximum Gasteiger partial charge on any atom is 0.0581 e. The van der Waals surface area contributed by atoms with Crippen LogP contribution in [0, 0.1) is 11.8 Å². The van der Waals surface area contributed by atoms with Gasteiger partial charge in [0.25, 0.3) is 0 Å². The second-order valence-corrected chi connectivity index (χ2v) is 4.78. The Morgan fingerprint density at radius 1 is 1.35 bits per heavy atom. The molecule has 0 saturated carbocycles. The van der Waals surface area contributed by atoms with Crippen molar-refractivity contribution in [1.82, 2.24) is 5.32 Å². The molecule has 1 unspecified atom stereocenters. The maximum atomic E-state index is 5.86. The van der Waals surface area contributed by atoms with Gasteiger partial charge in [0.15, 0.2) is 0 Å². The second kappa shape index (κ2) is 6.66. The normalized spacial score (nSPS) is 13.6. The highest BCUT2D eigenvalue weighted by atomic mass is 35.5. The lowest BCUT2D eigenvalue weighted by Crippen LogP contribution is -2.50. The molecule has 3 N–H and O–H groups in total. The van der Waals surface area contributed by atoms with Crippen molar-refractivity contribution in [3.8, 4) is 11.8 Å². The fraction of sp³-hybridized carbons (Fsp3) is 0.429. The summed E-state index contributed by atoms with van der Waals surface area (Å²) in [5.41, 5.74) is 6.92. The Labute approximate surface area is 109 Å². The van der Waals surface area contributed by atoms with Crippen molar-refractivity contribution >= 4 is 11.6 Å². The summed E-state index contributed by atoms with van der Waals surface area (Å²) in [5, 5.41) is 4.14. The molecular formula is C14H19ClN2. The summed E-state index contributed by atoms with van der Waals surface area (Å²) < 4.78 is 0. The van der Waals surface area contributed by atoms with E-state index in [-0.39, 0.29) is 5.54 Å². The molecule has 0 aromatic heterocycles. The molecule has 0 heterocycles. The summed E-state index contributed by atoms with van der Waals surface area (Å²) in [6, 6.07) is 7.87. The van der Waals surface area contributed by atoms with Gasteiger partial charge in [0.05, 0.1) is 6.54 Å². The molecule has 0 bridgehead atoms. The van der Waals surface area contributed by atoms with Crippen molar-refractivity contribution in [2.75, 3.05) is 13.1 Å².